The fraction of sp³-hybridized carbons (Fsp3) is 0.238. The Hall–Kier alpha value is -2.59. The third-order valence-corrected chi connectivity index (χ3v) is 5.08. The first-order valence-electron chi connectivity index (χ1n) is 8.65. The van der Waals surface area contributed by atoms with Crippen LogP contribution in [0.5, 0.6) is 0 Å². The van der Waals surface area contributed by atoms with Crippen molar-refractivity contribution in [1.29, 1.82) is 0 Å². The number of benzene rings is 2. The van der Waals surface area contributed by atoms with E-state index in [1.165, 1.54) is 0 Å². The molecule has 0 spiro atoms. The second-order valence-corrected chi connectivity index (χ2v) is 7.08. The summed E-state index contributed by atoms with van der Waals surface area (Å²) in [4.78, 5) is 19.2. The summed E-state index contributed by atoms with van der Waals surface area (Å²) in [5.74, 6) is 1.29. The number of hydrogen-bond donors (Lipinski definition) is 0. The van der Waals surface area contributed by atoms with E-state index < -0.39 is 0 Å². The number of rotatable bonds is 4. The van der Waals surface area contributed by atoms with Crippen molar-refractivity contribution in [3.05, 3.63) is 70.6 Å². The highest BCUT2D eigenvalue weighted by Gasteiger charge is 2.35. The van der Waals surface area contributed by atoms with E-state index in [2.05, 4.69) is 4.98 Å². The number of aryl methyl sites for hydroxylation is 1. The van der Waals surface area contributed by atoms with Gasteiger partial charge in [0.2, 0.25) is 5.89 Å². The molecule has 4 nitrogen and oxygen atoms in total. The van der Waals surface area contributed by atoms with Crippen LogP contribution < -0.4 is 4.90 Å². The van der Waals surface area contributed by atoms with Crippen molar-refractivity contribution < 1.29 is 9.21 Å². The summed E-state index contributed by atoms with van der Waals surface area (Å²) < 4.78 is 5.99. The Morgan fingerprint density at radius 1 is 1.19 bits per heavy atom. The van der Waals surface area contributed by atoms with Crippen LogP contribution in [0.3, 0.4) is 0 Å². The molecule has 0 bridgehead atoms. The molecule has 3 aromatic rings. The zero-order valence-electron chi connectivity index (χ0n) is 14.7. The minimum atomic E-state index is -0.183. The molecule has 0 atom stereocenters. The summed E-state index contributed by atoms with van der Waals surface area (Å²) in [5, 5.41) is 0.634. The van der Waals surface area contributed by atoms with E-state index in [-0.39, 0.29) is 11.8 Å². The molecule has 1 amide bonds. The van der Waals surface area contributed by atoms with Crippen LogP contribution in [0.1, 0.15) is 40.6 Å². The maximum atomic E-state index is 13.1. The van der Waals surface area contributed by atoms with E-state index in [0.29, 0.717) is 22.4 Å². The Morgan fingerprint density at radius 3 is 2.58 bits per heavy atom. The van der Waals surface area contributed by atoms with Crippen LogP contribution >= 0.6 is 11.6 Å². The SMILES string of the molecule is Cc1ccc(N(C)C(=O)c2nc(-c3ccccc3)oc2C2CC2)cc1Cl. The molecule has 1 saturated carbocycles. The molecule has 5 heteroatoms. The third kappa shape index (κ3) is 3.13. The van der Waals surface area contributed by atoms with Gasteiger partial charge >= 0.3 is 0 Å². The monoisotopic (exact) mass is 366 g/mol. The third-order valence-electron chi connectivity index (χ3n) is 4.67. The fourth-order valence-electron chi connectivity index (χ4n) is 2.88. The summed E-state index contributed by atoms with van der Waals surface area (Å²) >= 11 is 6.21. The highest BCUT2D eigenvalue weighted by molar-refractivity contribution is 6.31. The number of nitrogens with zero attached hydrogens (tertiary/aromatic N) is 2. The Bertz CT molecular complexity index is 961. The lowest BCUT2D eigenvalue weighted by Crippen LogP contribution is -2.27. The van der Waals surface area contributed by atoms with Crippen LogP contribution in [0.4, 0.5) is 5.69 Å². The highest BCUT2D eigenvalue weighted by atomic mass is 35.5. The molecule has 0 radical (unpaired) electrons. The lowest BCUT2D eigenvalue weighted by atomic mass is 10.2. The average Bonchev–Trinajstić information content (AvgIpc) is 3.42. The fourth-order valence-corrected chi connectivity index (χ4v) is 3.05. The van der Waals surface area contributed by atoms with Gasteiger partial charge in [-0.05, 0) is 49.6 Å². The summed E-state index contributed by atoms with van der Waals surface area (Å²) in [6.07, 6.45) is 2.06. The van der Waals surface area contributed by atoms with Crippen LogP contribution in [-0.4, -0.2) is 17.9 Å². The first-order chi connectivity index (χ1) is 12.5. The van der Waals surface area contributed by atoms with Crippen molar-refractivity contribution >= 4 is 23.2 Å². The zero-order valence-corrected chi connectivity index (χ0v) is 15.5. The maximum Gasteiger partial charge on any atom is 0.280 e. The van der Waals surface area contributed by atoms with Crippen molar-refractivity contribution in [3.8, 4) is 11.5 Å². The van der Waals surface area contributed by atoms with E-state index in [4.69, 9.17) is 16.0 Å². The largest absolute Gasteiger partial charge is 0.440 e. The lowest BCUT2D eigenvalue weighted by molar-refractivity contribution is 0.0987. The molecule has 1 aliphatic carbocycles. The topological polar surface area (TPSA) is 46.3 Å². The van der Waals surface area contributed by atoms with Gasteiger partial charge in [-0.3, -0.25) is 4.79 Å². The first-order valence-corrected chi connectivity index (χ1v) is 9.02. The van der Waals surface area contributed by atoms with Crippen molar-refractivity contribution in [3.63, 3.8) is 0 Å². The van der Waals surface area contributed by atoms with Gasteiger partial charge in [-0.1, -0.05) is 35.9 Å². The average molecular weight is 367 g/mol. The molecule has 132 valence electrons. The maximum absolute atomic E-state index is 13.1. The number of aromatic nitrogens is 1. The Labute approximate surface area is 157 Å². The number of hydrogen-bond acceptors (Lipinski definition) is 3. The van der Waals surface area contributed by atoms with Gasteiger partial charge in [0.25, 0.3) is 5.91 Å². The lowest BCUT2D eigenvalue weighted by Gasteiger charge is -2.17. The Morgan fingerprint density at radius 2 is 1.92 bits per heavy atom. The first kappa shape index (κ1) is 16.9. The molecule has 0 unspecified atom stereocenters. The van der Waals surface area contributed by atoms with Crippen molar-refractivity contribution in [2.75, 3.05) is 11.9 Å². The Kier molecular flexibility index (Phi) is 4.29. The van der Waals surface area contributed by atoms with E-state index in [9.17, 15) is 4.79 Å². The van der Waals surface area contributed by atoms with E-state index >= 15 is 0 Å². The van der Waals surface area contributed by atoms with Crippen LogP contribution in [0.25, 0.3) is 11.5 Å². The number of carbonyl (C=O) groups is 1. The van der Waals surface area contributed by atoms with Gasteiger partial charge < -0.3 is 9.32 Å². The second kappa shape index (κ2) is 6.61. The number of oxazole rings is 1. The molecule has 4 rings (SSSR count). The number of halogens is 1. The molecule has 0 aliphatic heterocycles. The van der Waals surface area contributed by atoms with Gasteiger partial charge in [0, 0.05) is 29.2 Å². The molecule has 26 heavy (non-hydrogen) atoms. The Balaban J connectivity index is 1.70. The predicted octanol–water partition coefficient (Wildman–Crippen LogP) is 5.46. The summed E-state index contributed by atoms with van der Waals surface area (Å²) in [6, 6.07) is 15.2. The van der Waals surface area contributed by atoms with Crippen LogP contribution in [0, 0.1) is 6.92 Å². The molecule has 1 aromatic heterocycles. The highest BCUT2D eigenvalue weighted by Crippen LogP contribution is 2.43. The minimum absolute atomic E-state index is 0.183. The van der Waals surface area contributed by atoms with Gasteiger partial charge in [0.1, 0.15) is 5.76 Å². The summed E-state index contributed by atoms with van der Waals surface area (Å²) in [6.45, 7) is 1.93. The standard InChI is InChI=1S/C21H19ClN2O2/c1-13-8-11-16(12-17(13)22)24(2)21(25)18-19(14-9-10-14)26-20(23-18)15-6-4-3-5-7-15/h3-8,11-12,14H,9-10H2,1-2H3. The molecule has 0 N–H and O–H groups in total. The molecule has 0 saturated heterocycles. The quantitative estimate of drug-likeness (QED) is 0.616. The van der Waals surface area contributed by atoms with Gasteiger partial charge in [0.05, 0.1) is 0 Å². The van der Waals surface area contributed by atoms with Crippen LogP contribution in [0.15, 0.2) is 52.9 Å². The van der Waals surface area contributed by atoms with Gasteiger partial charge in [-0.25, -0.2) is 4.98 Å². The van der Waals surface area contributed by atoms with E-state index in [0.717, 1.165) is 29.7 Å². The van der Waals surface area contributed by atoms with E-state index in [1.54, 1.807) is 18.0 Å². The van der Waals surface area contributed by atoms with Gasteiger partial charge in [-0.2, -0.15) is 0 Å². The number of anilines is 1. The van der Waals surface area contributed by atoms with Crippen molar-refractivity contribution in [2.45, 2.75) is 25.7 Å². The molecular formula is C21H19ClN2O2. The zero-order chi connectivity index (χ0) is 18.3. The predicted molar refractivity (Wildman–Crippen MR) is 103 cm³/mol. The number of amides is 1. The smallest absolute Gasteiger partial charge is 0.280 e. The molecular weight excluding hydrogens is 348 g/mol. The van der Waals surface area contributed by atoms with Crippen molar-refractivity contribution in [2.24, 2.45) is 0 Å². The van der Waals surface area contributed by atoms with E-state index in [1.807, 2.05) is 49.4 Å². The summed E-state index contributed by atoms with van der Waals surface area (Å²) in [7, 11) is 1.73. The second-order valence-electron chi connectivity index (χ2n) is 6.67. The normalized spacial score (nSPS) is 13.7. The molecule has 1 aliphatic rings. The molecule has 1 fully saturated rings. The molecule has 1 heterocycles. The van der Waals surface area contributed by atoms with Crippen LogP contribution in [-0.2, 0) is 0 Å². The molecule has 2 aromatic carbocycles. The number of carbonyl (C=O) groups excluding carboxylic acids is 1. The minimum Gasteiger partial charge on any atom is -0.440 e. The van der Waals surface area contributed by atoms with Crippen molar-refractivity contribution in [1.82, 2.24) is 4.98 Å². The van der Waals surface area contributed by atoms with Gasteiger partial charge in [0.15, 0.2) is 5.69 Å². The van der Waals surface area contributed by atoms with Gasteiger partial charge in [-0.15, -0.1) is 0 Å². The summed E-state index contributed by atoms with van der Waals surface area (Å²) in [5.41, 5.74) is 2.97. The van der Waals surface area contributed by atoms with Crippen LogP contribution in [0.2, 0.25) is 5.02 Å².